The fourth-order valence-electron chi connectivity index (χ4n) is 3.68. The van der Waals surface area contributed by atoms with Gasteiger partial charge in [0.05, 0.1) is 23.4 Å². The van der Waals surface area contributed by atoms with Gasteiger partial charge in [-0.1, -0.05) is 12.1 Å². The lowest BCUT2D eigenvalue weighted by molar-refractivity contribution is -0.117. The molecule has 0 radical (unpaired) electrons. The van der Waals surface area contributed by atoms with E-state index in [0.29, 0.717) is 6.54 Å². The van der Waals surface area contributed by atoms with Crippen LogP contribution >= 0.6 is 11.3 Å². The summed E-state index contributed by atoms with van der Waals surface area (Å²) in [6, 6.07) is 7.89. The van der Waals surface area contributed by atoms with Crippen molar-refractivity contribution in [3.63, 3.8) is 0 Å². The Morgan fingerprint density at radius 3 is 2.70 bits per heavy atom. The number of aromatic nitrogens is 3. The minimum Gasteiger partial charge on any atom is -0.325 e. The molecular formula is C22H28N6OS. The number of hydrogen-bond donors (Lipinski definition) is 1. The lowest BCUT2D eigenvalue weighted by Gasteiger charge is -2.34. The van der Waals surface area contributed by atoms with Crippen molar-refractivity contribution in [2.24, 2.45) is 0 Å². The Morgan fingerprint density at radius 1 is 1.20 bits per heavy atom. The topological polar surface area (TPSA) is 66.3 Å². The number of benzene rings is 1. The molecule has 3 heterocycles. The summed E-state index contributed by atoms with van der Waals surface area (Å²) in [5, 5.41) is 10.5. The third-order valence-electron chi connectivity index (χ3n) is 5.31. The molecule has 1 N–H and O–H groups in total. The van der Waals surface area contributed by atoms with Gasteiger partial charge < -0.3 is 5.32 Å². The van der Waals surface area contributed by atoms with Crippen LogP contribution in [0.4, 0.5) is 5.69 Å². The summed E-state index contributed by atoms with van der Waals surface area (Å²) in [4.78, 5) is 21.7. The standard InChI is InChI=1S/C22H28N6OS/c1-3-28-14-18(12-23-28)13-26-7-9-27(10-8-26)15-22(29)25-20-6-4-5-19(11-20)21-16-30-17(2)24-21/h4-6,11-12,14,16H,3,7-10,13,15H2,1-2H3,(H,25,29). The Kier molecular flexibility index (Phi) is 6.56. The highest BCUT2D eigenvalue weighted by atomic mass is 32.1. The fraction of sp³-hybridized carbons (Fsp3) is 0.409. The Balaban J connectivity index is 1.25. The number of nitrogens with zero attached hydrogens (tertiary/aromatic N) is 5. The minimum absolute atomic E-state index is 0.0271. The van der Waals surface area contributed by atoms with Crippen molar-refractivity contribution in [1.29, 1.82) is 0 Å². The van der Waals surface area contributed by atoms with Gasteiger partial charge in [-0.05, 0) is 26.0 Å². The molecule has 1 amide bonds. The van der Waals surface area contributed by atoms with Crippen LogP contribution in [0.1, 0.15) is 17.5 Å². The molecule has 3 aromatic rings. The zero-order valence-electron chi connectivity index (χ0n) is 17.5. The number of hydrogen-bond acceptors (Lipinski definition) is 6. The first-order valence-corrected chi connectivity index (χ1v) is 11.3. The maximum Gasteiger partial charge on any atom is 0.238 e. The second kappa shape index (κ2) is 9.51. The molecule has 1 aliphatic rings. The van der Waals surface area contributed by atoms with Crippen molar-refractivity contribution < 1.29 is 4.79 Å². The van der Waals surface area contributed by atoms with Crippen LogP contribution in [0.5, 0.6) is 0 Å². The van der Waals surface area contributed by atoms with Gasteiger partial charge in [0, 0.05) is 67.7 Å². The number of thiazole rings is 1. The van der Waals surface area contributed by atoms with Gasteiger partial charge in [-0.25, -0.2) is 4.98 Å². The highest BCUT2D eigenvalue weighted by molar-refractivity contribution is 7.09. The second-order valence-electron chi connectivity index (χ2n) is 7.64. The van der Waals surface area contributed by atoms with Crippen LogP contribution in [0.2, 0.25) is 0 Å². The molecule has 0 unspecified atom stereocenters. The average Bonchev–Trinajstić information content (AvgIpc) is 3.38. The van der Waals surface area contributed by atoms with E-state index in [1.807, 2.05) is 47.4 Å². The first-order chi connectivity index (χ1) is 14.6. The number of aryl methyl sites for hydroxylation is 2. The molecule has 0 spiro atoms. The lowest BCUT2D eigenvalue weighted by atomic mass is 10.1. The molecule has 7 nitrogen and oxygen atoms in total. The quantitative estimate of drug-likeness (QED) is 0.631. The van der Waals surface area contributed by atoms with Gasteiger partial charge in [0.15, 0.2) is 0 Å². The van der Waals surface area contributed by atoms with Gasteiger partial charge in [-0.2, -0.15) is 5.10 Å². The number of piperazine rings is 1. The van der Waals surface area contributed by atoms with Crippen LogP contribution in [0.15, 0.2) is 42.0 Å². The zero-order valence-corrected chi connectivity index (χ0v) is 18.4. The molecule has 1 aromatic carbocycles. The summed E-state index contributed by atoms with van der Waals surface area (Å²) in [6.07, 6.45) is 4.06. The second-order valence-corrected chi connectivity index (χ2v) is 8.70. The van der Waals surface area contributed by atoms with E-state index in [-0.39, 0.29) is 5.91 Å². The summed E-state index contributed by atoms with van der Waals surface area (Å²) >= 11 is 1.63. The van der Waals surface area contributed by atoms with Gasteiger partial charge in [0.1, 0.15) is 0 Å². The molecule has 1 saturated heterocycles. The molecule has 30 heavy (non-hydrogen) atoms. The third-order valence-corrected chi connectivity index (χ3v) is 6.08. The van der Waals surface area contributed by atoms with Gasteiger partial charge in [-0.15, -0.1) is 11.3 Å². The monoisotopic (exact) mass is 424 g/mol. The van der Waals surface area contributed by atoms with Crippen LogP contribution in [0, 0.1) is 6.92 Å². The Bertz CT molecular complexity index is 989. The smallest absolute Gasteiger partial charge is 0.238 e. The molecule has 0 aliphatic carbocycles. The van der Waals surface area contributed by atoms with Gasteiger partial charge in [-0.3, -0.25) is 19.3 Å². The molecule has 0 saturated carbocycles. The molecule has 0 atom stereocenters. The van der Waals surface area contributed by atoms with E-state index in [1.54, 1.807) is 11.3 Å². The fourth-order valence-corrected chi connectivity index (χ4v) is 4.30. The first kappa shape index (κ1) is 20.7. The number of rotatable bonds is 7. The van der Waals surface area contributed by atoms with Gasteiger partial charge in [0.25, 0.3) is 0 Å². The summed E-state index contributed by atoms with van der Waals surface area (Å²) in [5.74, 6) is 0.0271. The third kappa shape index (κ3) is 5.33. The summed E-state index contributed by atoms with van der Waals surface area (Å²) in [5.41, 5.74) is 4.04. The van der Waals surface area contributed by atoms with Crippen LogP contribution in [-0.2, 0) is 17.9 Å². The molecular weight excluding hydrogens is 396 g/mol. The molecule has 8 heteroatoms. The molecule has 1 fully saturated rings. The SMILES string of the molecule is CCn1cc(CN2CCN(CC(=O)Nc3cccc(-c4csc(C)n4)c3)CC2)cn1. The number of amides is 1. The zero-order chi connectivity index (χ0) is 20.9. The van der Waals surface area contributed by atoms with Crippen molar-refractivity contribution in [2.75, 3.05) is 38.0 Å². The van der Waals surface area contributed by atoms with Crippen LogP contribution < -0.4 is 5.32 Å². The van der Waals surface area contributed by atoms with Crippen LogP contribution in [0.25, 0.3) is 11.3 Å². The molecule has 158 valence electrons. The normalized spacial score (nSPS) is 15.4. The van der Waals surface area contributed by atoms with E-state index >= 15 is 0 Å². The Hall–Kier alpha value is -2.55. The maximum absolute atomic E-state index is 12.5. The minimum atomic E-state index is 0.0271. The lowest BCUT2D eigenvalue weighted by Crippen LogP contribution is -2.48. The summed E-state index contributed by atoms with van der Waals surface area (Å²) in [6.45, 7) is 10.0. The summed E-state index contributed by atoms with van der Waals surface area (Å²) < 4.78 is 1.96. The highest BCUT2D eigenvalue weighted by Gasteiger charge is 2.19. The number of carbonyl (C=O) groups is 1. The average molecular weight is 425 g/mol. The van der Waals surface area contributed by atoms with Crippen molar-refractivity contribution >= 4 is 22.9 Å². The molecule has 4 rings (SSSR count). The predicted octanol–water partition coefficient (Wildman–Crippen LogP) is 3.09. The van der Waals surface area contributed by atoms with Crippen LogP contribution in [-0.4, -0.2) is 63.2 Å². The Morgan fingerprint density at radius 2 is 2.00 bits per heavy atom. The predicted molar refractivity (Wildman–Crippen MR) is 121 cm³/mol. The van der Waals surface area contributed by atoms with Crippen molar-refractivity contribution in [3.8, 4) is 11.3 Å². The number of carbonyl (C=O) groups excluding carboxylic acids is 1. The first-order valence-electron chi connectivity index (χ1n) is 10.4. The van der Waals surface area contributed by atoms with E-state index in [2.05, 4.69) is 38.3 Å². The highest BCUT2D eigenvalue weighted by Crippen LogP contribution is 2.24. The van der Waals surface area contributed by atoms with E-state index in [4.69, 9.17) is 0 Å². The Labute approximate surface area is 181 Å². The van der Waals surface area contributed by atoms with E-state index in [9.17, 15) is 4.79 Å². The summed E-state index contributed by atoms with van der Waals surface area (Å²) in [7, 11) is 0. The molecule has 1 aliphatic heterocycles. The van der Waals surface area contributed by atoms with Crippen molar-refractivity contribution in [1.82, 2.24) is 24.6 Å². The van der Waals surface area contributed by atoms with E-state index in [0.717, 1.165) is 61.2 Å². The van der Waals surface area contributed by atoms with E-state index in [1.165, 1.54) is 5.56 Å². The maximum atomic E-state index is 12.5. The molecule has 2 aromatic heterocycles. The van der Waals surface area contributed by atoms with Gasteiger partial charge >= 0.3 is 0 Å². The largest absolute Gasteiger partial charge is 0.325 e. The van der Waals surface area contributed by atoms with E-state index < -0.39 is 0 Å². The van der Waals surface area contributed by atoms with Crippen molar-refractivity contribution in [3.05, 3.63) is 52.6 Å². The van der Waals surface area contributed by atoms with Crippen LogP contribution in [0.3, 0.4) is 0 Å². The number of nitrogens with one attached hydrogen (secondary N) is 1. The van der Waals surface area contributed by atoms with Crippen molar-refractivity contribution in [2.45, 2.75) is 26.9 Å². The number of anilines is 1. The molecule has 0 bridgehead atoms. The van der Waals surface area contributed by atoms with Gasteiger partial charge in [0.2, 0.25) is 5.91 Å².